The van der Waals surface area contributed by atoms with Gasteiger partial charge in [-0.25, -0.2) is 4.98 Å². The van der Waals surface area contributed by atoms with Crippen LogP contribution < -0.4 is 15.0 Å². The Kier molecular flexibility index (Phi) is 8.42. The fourth-order valence-corrected chi connectivity index (χ4v) is 4.04. The average Bonchev–Trinajstić information content (AvgIpc) is 2.77. The van der Waals surface area contributed by atoms with Crippen molar-refractivity contribution >= 4 is 49.0 Å². The van der Waals surface area contributed by atoms with Gasteiger partial charge in [0.25, 0.3) is 5.56 Å². The number of rotatable bonds is 9. The number of nitriles is 1. The number of hydrogen-bond donors (Lipinski definition) is 0. The lowest BCUT2D eigenvalue weighted by atomic mass is 10.2. The maximum atomic E-state index is 13.2. The van der Waals surface area contributed by atoms with E-state index < -0.39 is 0 Å². The van der Waals surface area contributed by atoms with Crippen LogP contribution in [-0.2, 0) is 6.42 Å². The molecule has 0 aliphatic rings. The Labute approximate surface area is 202 Å². The van der Waals surface area contributed by atoms with Gasteiger partial charge in [-0.3, -0.25) is 4.79 Å². The molecule has 0 aliphatic heterocycles. The number of benzene rings is 2. The Morgan fingerprint density at radius 3 is 2.75 bits per heavy atom. The van der Waals surface area contributed by atoms with Crippen molar-refractivity contribution in [3.05, 3.63) is 61.0 Å². The van der Waals surface area contributed by atoms with Crippen molar-refractivity contribution in [3.63, 3.8) is 0 Å². The van der Waals surface area contributed by atoms with E-state index in [-0.39, 0.29) is 12.2 Å². The molecule has 166 valence electrons. The SMILES string of the molecule is CCCCc1nc2ccc(Br)cc2c(=O)n1N=Cc1cc(Br)c(OCC#N)c(OCC)c1. The summed E-state index contributed by atoms with van der Waals surface area (Å²) < 4.78 is 13.9. The topological polar surface area (TPSA) is 89.5 Å². The molecule has 0 N–H and O–H groups in total. The van der Waals surface area contributed by atoms with E-state index in [0.717, 1.165) is 17.3 Å². The molecule has 0 saturated carbocycles. The minimum Gasteiger partial charge on any atom is -0.490 e. The molecule has 2 aromatic carbocycles. The van der Waals surface area contributed by atoms with E-state index in [2.05, 4.69) is 48.9 Å². The zero-order valence-electron chi connectivity index (χ0n) is 17.8. The third-order valence-electron chi connectivity index (χ3n) is 4.56. The standard InChI is InChI=1S/C23H22Br2N4O3/c1-3-5-6-21-28-19-8-7-16(24)13-17(19)23(30)29(21)27-14-15-11-18(25)22(32-10-9-26)20(12-15)31-4-2/h7-8,11-14H,3-6,10H2,1-2H3. The fourth-order valence-electron chi connectivity index (χ4n) is 3.10. The van der Waals surface area contributed by atoms with Crippen molar-refractivity contribution in [1.29, 1.82) is 5.26 Å². The molecule has 3 rings (SSSR count). The summed E-state index contributed by atoms with van der Waals surface area (Å²) in [7, 11) is 0. The van der Waals surface area contributed by atoms with Gasteiger partial charge in [-0.1, -0.05) is 29.3 Å². The van der Waals surface area contributed by atoms with Crippen LogP contribution in [0.15, 0.2) is 49.2 Å². The first-order chi connectivity index (χ1) is 15.5. The maximum Gasteiger partial charge on any atom is 0.282 e. The molecule has 3 aromatic rings. The molecule has 0 unspecified atom stereocenters. The van der Waals surface area contributed by atoms with Gasteiger partial charge in [-0.15, -0.1) is 0 Å². The quantitative estimate of drug-likeness (QED) is 0.324. The number of aromatic nitrogens is 2. The van der Waals surface area contributed by atoms with Crippen LogP contribution in [0.1, 0.15) is 38.1 Å². The molecule has 9 heteroatoms. The number of nitrogens with zero attached hydrogens (tertiary/aromatic N) is 4. The fraction of sp³-hybridized carbons (Fsp3) is 0.304. The summed E-state index contributed by atoms with van der Waals surface area (Å²) in [5.41, 5.74) is 1.13. The van der Waals surface area contributed by atoms with E-state index >= 15 is 0 Å². The average molecular weight is 562 g/mol. The van der Waals surface area contributed by atoms with Gasteiger partial charge in [0, 0.05) is 10.9 Å². The Morgan fingerprint density at radius 1 is 1.22 bits per heavy atom. The van der Waals surface area contributed by atoms with E-state index in [0.29, 0.717) is 51.3 Å². The zero-order valence-corrected chi connectivity index (χ0v) is 20.9. The Balaban J connectivity index is 2.08. The van der Waals surface area contributed by atoms with Crippen LogP contribution in [-0.4, -0.2) is 29.1 Å². The monoisotopic (exact) mass is 560 g/mol. The summed E-state index contributed by atoms with van der Waals surface area (Å²) in [5, 5.41) is 13.8. The summed E-state index contributed by atoms with van der Waals surface area (Å²) in [4.78, 5) is 17.9. The van der Waals surface area contributed by atoms with Crippen LogP contribution in [0.4, 0.5) is 0 Å². The molecular formula is C23H22Br2N4O3. The highest BCUT2D eigenvalue weighted by Crippen LogP contribution is 2.36. The van der Waals surface area contributed by atoms with E-state index in [1.807, 2.05) is 25.1 Å². The highest BCUT2D eigenvalue weighted by atomic mass is 79.9. The number of fused-ring (bicyclic) bond motifs is 1. The Hall–Kier alpha value is -2.70. The van der Waals surface area contributed by atoms with Gasteiger partial charge in [0.2, 0.25) is 0 Å². The van der Waals surface area contributed by atoms with Crippen LogP contribution in [0.5, 0.6) is 11.5 Å². The molecule has 0 spiro atoms. The van der Waals surface area contributed by atoms with E-state index in [4.69, 9.17) is 14.7 Å². The van der Waals surface area contributed by atoms with Gasteiger partial charge in [0.15, 0.2) is 18.1 Å². The van der Waals surface area contributed by atoms with E-state index in [9.17, 15) is 4.79 Å². The lowest BCUT2D eigenvalue weighted by Crippen LogP contribution is -2.22. The van der Waals surface area contributed by atoms with Crippen molar-refractivity contribution < 1.29 is 9.47 Å². The molecule has 0 atom stereocenters. The Bertz CT molecular complexity index is 1250. The molecule has 0 radical (unpaired) electrons. The molecule has 0 fully saturated rings. The highest BCUT2D eigenvalue weighted by Gasteiger charge is 2.13. The number of halogens is 2. The van der Waals surface area contributed by atoms with Crippen LogP contribution in [0.25, 0.3) is 10.9 Å². The molecule has 0 aliphatic carbocycles. The van der Waals surface area contributed by atoms with Crippen molar-refractivity contribution in [2.45, 2.75) is 33.1 Å². The van der Waals surface area contributed by atoms with Crippen LogP contribution in [0.3, 0.4) is 0 Å². The molecule has 1 heterocycles. The van der Waals surface area contributed by atoms with Gasteiger partial charge in [0.05, 0.1) is 28.2 Å². The van der Waals surface area contributed by atoms with Crippen molar-refractivity contribution in [2.24, 2.45) is 5.10 Å². The second kappa shape index (κ2) is 11.2. The predicted molar refractivity (Wildman–Crippen MR) is 132 cm³/mol. The first kappa shape index (κ1) is 24.0. The summed E-state index contributed by atoms with van der Waals surface area (Å²) in [6.07, 6.45) is 4.11. The zero-order chi connectivity index (χ0) is 23.1. The van der Waals surface area contributed by atoms with Crippen LogP contribution >= 0.6 is 31.9 Å². The lowest BCUT2D eigenvalue weighted by molar-refractivity contribution is 0.297. The lowest BCUT2D eigenvalue weighted by Gasteiger charge is -2.13. The second-order valence-electron chi connectivity index (χ2n) is 6.86. The maximum absolute atomic E-state index is 13.2. The van der Waals surface area contributed by atoms with Gasteiger partial charge < -0.3 is 9.47 Å². The van der Waals surface area contributed by atoms with E-state index in [1.54, 1.807) is 24.4 Å². The number of hydrogen-bond acceptors (Lipinski definition) is 6. The summed E-state index contributed by atoms with van der Waals surface area (Å²) in [6, 6.07) is 11.0. The smallest absolute Gasteiger partial charge is 0.282 e. The van der Waals surface area contributed by atoms with Gasteiger partial charge >= 0.3 is 0 Å². The van der Waals surface area contributed by atoms with Crippen LogP contribution in [0, 0.1) is 11.3 Å². The van der Waals surface area contributed by atoms with Gasteiger partial charge in [-0.2, -0.15) is 15.0 Å². The van der Waals surface area contributed by atoms with E-state index in [1.165, 1.54) is 4.68 Å². The molecular weight excluding hydrogens is 540 g/mol. The minimum atomic E-state index is -0.225. The third kappa shape index (κ3) is 5.56. The molecule has 32 heavy (non-hydrogen) atoms. The molecule has 1 aromatic heterocycles. The number of ether oxygens (including phenoxy) is 2. The third-order valence-corrected chi connectivity index (χ3v) is 5.65. The number of aryl methyl sites for hydroxylation is 1. The van der Waals surface area contributed by atoms with Crippen molar-refractivity contribution in [1.82, 2.24) is 9.66 Å². The first-order valence-electron chi connectivity index (χ1n) is 10.2. The van der Waals surface area contributed by atoms with Gasteiger partial charge in [0.1, 0.15) is 11.9 Å². The summed E-state index contributed by atoms with van der Waals surface area (Å²) in [5.74, 6) is 1.54. The first-order valence-corrected chi connectivity index (χ1v) is 11.8. The van der Waals surface area contributed by atoms with Crippen molar-refractivity contribution in [2.75, 3.05) is 13.2 Å². The highest BCUT2D eigenvalue weighted by molar-refractivity contribution is 9.10. The summed E-state index contributed by atoms with van der Waals surface area (Å²) in [6.45, 7) is 4.29. The minimum absolute atomic E-state index is 0.0966. The molecule has 0 amide bonds. The largest absolute Gasteiger partial charge is 0.490 e. The molecule has 0 bridgehead atoms. The normalized spacial score (nSPS) is 11.1. The number of unbranched alkanes of at least 4 members (excludes halogenated alkanes) is 1. The van der Waals surface area contributed by atoms with Crippen molar-refractivity contribution in [3.8, 4) is 17.6 Å². The second-order valence-corrected chi connectivity index (χ2v) is 8.63. The predicted octanol–water partition coefficient (Wildman–Crippen LogP) is 5.45. The van der Waals surface area contributed by atoms with Crippen LogP contribution in [0.2, 0.25) is 0 Å². The molecule has 7 nitrogen and oxygen atoms in total. The Morgan fingerprint density at radius 2 is 2.03 bits per heavy atom. The summed E-state index contributed by atoms with van der Waals surface area (Å²) >= 11 is 6.88. The molecule has 0 saturated heterocycles. The van der Waals surface area contributed by atoms with Gasteiger partial charge in [-0.05, 0) is 65.2 Å².